The lowest BCUT2D eigenvalue weighted by Crippen LogP contribution is -2.49. The van der Waals surface area contributed by atoms with Gasteiger partial charge in [-0.3, -0.25) is 4.79 Å². The Hall–Kier alpha value is -4.24. The summed E-state index contributed by atoms with van der Waals surface area (Å²) in [6.45, 7) is 11.3. The van der Waals surface area contributed by atoms with Crippen LogP contribution in [0.3, 0.4) is 0 Å². The predicted molar refractivity (Wildman–Crippen MR) is 178 cm³/mol. The molecule has 1 fully saturated rings. The highest BCUT2D eigenvalue weighted by Gasteiger charge is 2.42. The normalized spacial score (nSPS) is 16.6. The zero-order valence-corrected chi connectivity index (χ0v) is 28.6. The van der Waals surface area contributed by atoms with Crippen LogP contribution in [0.25, 0.3) is 0 Å². The van der Waals surface area contributed by atoms with Crippen molar-refractivity contribution in [2.75, 3.05) is 26.3 Å². The molecule has 0 unspecified atom stereocenters. The van der Waals surface area contributed by atoms with Crippen molar-refractivity contribution in [3.05, 3.63) is 71.8 Å². The van der Waals surface area contributed by atoms with Crippen molar-refractivity contribution in [2.45, 2.75) is 79.0 Å². The molecule has 1 aliphatic rings. The second kappa shape index (κ2) is 20.9. The van der Waals surface area contributed by atoms with Crippen LogP contribution in [-0.4, -0.2) is 90.0 Å². The van der Waals surface area contributed by atoms with Crippen LogP contribution in [0.15, 0.2) is 60.7 Å². The lowest BCUT2D eigenvalue weighted by atomic mass is 9.87. The Morgan fingerprint density at radius 1 is 0.938 bits per heavy atom. The Morgan fingerprint density at radius 2 is 1.40 bits per heavy atom. The van der Waals surface area contributed by atoms with E-state index in [1.807, 2.05) is 67.6 Å². The van der Waals surface area contributed by atoms with Crippen molar-refractivity contribution in [3.8, 4) is 0 Å². The molecular formula is C34H52N4O10. The van der Waals surface area contributed by atoms with Gasteiger partial charge in [-0.25, -0.2) is 14.4 Å². The Balaban J connectivity index is 0.000000404. The lowest BCUT2D eigenvalue weighted by molar-refractivity contribution is -0.145. The number of benzene rings is 2. The minimum absolute atomic E-state index is 0.0618. The van der Waals surface area contributed by atoms with E-state index in [9.17, 15) is 24.3 Å². The summed E-state index contributed by atoms with van der Waals surface area (Å²) in [7, 11) is 0. The number of nitrogens with two attached hydrogens (primary N) is 1. The van der Waals surface area contributed by atoms with E-state index in [2.05, 4.69) is 20.7 Å². The molecule has 3 amide bonds. The van der Waals surface area contributed by atoms with E-state index in [4.69, 9.17) is 25.4 Å². The molecule has 1 aliphatic heterocycles. The number of carbonyl (C=O) groups is 4. The molecule has 8 N–H and O–H groups in total. The molecule has 0 saturated carbocycles. The molecule has 3 rings (SSSR count). The molecule has 48 heavy (non-hydrogen) atoms. The predicted octanol–water partition coefficient (Wildman–Crippen LogP) is 1.99. The minimum atomic E-state index is -1.33. The highest BCUT2D eigenvalue weighted by molar-refractivity contribution is 5.81. The van der Waals surface area contributed by atoms with Crippen LogP contribution in [0.5, 0.6) is 0 Å². The first-order chi connectivity index (χ1) is 22.5. The number of aliphatic hydroxyl groups excluding tert-OH is 3. The van der Waals surface area contributed by atoms with Crippen molar-refractivity contribution in [1.82, 2.24) is 16.0 Å². The van der Waals surface area contributed by atoms with Gasteiger partial charge in [-0.05, 0) is 25.0 Å². The fourth-order valence-corrected chi connectivity index (χ4v) is 3.57. The van der Waals surface area contributed by atoms with Gasteiger partial charge < -0.3 is 51.2 Å². The zero-order chi connectivity index (χ0) is 36.3. The molecule has 1 heterocycles. The maximum atomic E-state index is 11.8. The second-order valence-electron chi connectivity index (χ2n) is 12.7. The highest BCUT2D eigenvalue weighted by Crippen LogP contribution is 2.27. The summed E-state index contributed by atoms with van der Waals surface area (Å²) in [6.07, 6.45) is -3.29. The van der Waals surface area contributed by atoms with E-state index in [1.165, 1.54) is 0 Å². The number of hydrogen-bond donors (Lipinski definition) is 7. The lowest BCUT2D eigenvalue weighted by Gasteiger charge is -2.27. The van der Waals surface area contributed by atoms with Crippen LogP contribution in [-0.2, 0) is 37.0 Å². The summed E-state index contributed by atoms with van der Waals surface area (Å²) in [5.74, 6) is -1.10. The monoisotopic (exact) mass is 676 g/mol. The van der Waals surface area contributed by atoms with Crippen LogP contribution in [0.2, 0.25) is 0 Å². The molecule has 0 bridgehead atoms. The average Bonchev–Trinajstić information content (AvgIpc) is 3.31. The maximum absolute atomic E-state index is 11.8. The first-order valence-corrected chi connectivity index (χ1v) is 15.6. The first-order valence-electron chi connectivity index (χ1n) is 15.6. The van der Waals surface area contributed by atoms with Crippen LogP contribution in [0.1, 0.15) is 52.7 Å². The number of alkyl carbamates (subject to hydrolysis) is 2. The van der Waals surface area contributed by atoms with Crippen LogP contribution < -0.4 is 21.7 Å². The number of rotatable bonds is 12. The van der Waals surface area contributed by atoms with E-state index < -0.39 is 47.1 Å². The number of hydrogen-bond acceptors (Lipinski definition) is 11. The Kier molecular flexibility index (Phi) is 18.2. The molecule has 0 aliphatic carbocycles. The zero-order valence-electron chi connectivity index (χ0n) is 28.6. The van der Waals surface area contributed by atoms with Gasteiger partial charge >= 0.3 is 18.2 Å². The third-order valence-corrected chi connectivity index (χ3v) is 7.04. The second-order valence-corrected chi connectivity index (χ2v) is 12.7. The van der Waals surface area contributed by atoms with Gasteiger partial charge in [0.15, 0.2) is 6.10 Å². The standard InChI is InChI=1S/C17H26N2O5.C11H16N2O2.C6H10O3/c1-12(9-18-15(22)14(21)17(2,3)11-20)19-16(23)24-10-13-7-5-4-6-8-13;1-9(7-12)13-11(14)15-8-10-5-3-2-4-6-10;1-6(2)3-9-5(8)4(6)7/h4-8,12,14,20-21H,9-11H2,1-3H3,(H,18,22)(H,19,23);2-6,9H,7-8,12H2,1H3,(H,13,14);4,7H,3H2,1-2H3/t12-,14-;9-;4-/m000/s1. The van der Waals surface area contributed by atoms with Crippen molar-refractivity contribution in [1.29, 1.82) is 0 Å². The van der Waals surface area contributed by atoms with Crippen molar-refractivity contribution in [3.63, 3.8) is 0 Å². The molecule has 0 aromatic heterocycles. The number of cyclic esters (lactones) is 1. The highest BCUT2D eigenvalue weighted by atomic mass is 16.6. The molecule has 268 valence electrons. The van der Waals surface area contributed by atoms with E-state index in [0.717, 1.165) is 11.1 Å². The number of carbonyl (C=O) groups excluding carboxylic acids is 4. The van der Waals surface area contributed by atoms with E-state index in [1.54, 1.807) is 34.6 Å². The molecular weight excluding hydrogens is 624 g/mol. The number of esters is 1. The number of amides is 3. The minimum Gasteiger partial charge on any atom is -0.463 e. The van der Waals surface area contributed by atoms with Gasteiger partial charge in [0.25, 0.3) is 0 Å². The molecule has 14 nitrogen and oxygen atoms in total. The number of ether oxygens (including phenoxy) is 3. The van der Waals surface area contributed by atoms with E-state index in [0.29, 0.717) is 13.2 Å². The molecule has 14 heteroatoms. The fraction of sp³-hybridized carbons (Fsp3) is 0.529. The summed E-state index contributed by atoms with van der Waals surface area (Å²) in [4.78, 5) is 45.2. The van der Waals surface area contributed by atoms with Gasteiger partial charge in [0.1, 0.15) is 19.3 Å². The summed E-state index contributed by atoms with van der Waals surface area (Å²) in [5, 5.41) is 35.8. The van der Waals surface area contributed by atoms with Gasteiger partial charge in [-0.2, -0.15) is 0 Å². The molecule has 0 spiro atoms. The Morgan fingerprint density at radius 3 is 1.75 bits per heavy atom. The van der Waals surface area contributed by atoms with Crippen molar-refractivity contribution >= 4 is 24.1 Å². The average molecular weight is 677 g/mol. The Bertz CT molecular complexity index is 1260. The summed E-state index contributed by atoms with van der Waals surface area (Å²) in [6, 6.07) is 18.4. The molecule has 1 saturated heterocycles. The fourth-order valence-electron chi connectivity index (χ4n) is 3.57. The topological polar surface area (TPSA) is 219 Å². The summed E-state index contributed by atoms with van der Waals surface area (Å²) >= 11 is 0. The summed E-state index contributed by atoms with van der Waals surface area (Å²) < 4.78 is 14.7. The van der Waals surface area contributed by atoms with Gasteiger partial charge in [0.2, 0.25) is 5.91 Å². The van der Waals surface area contributed by atoms with Crippen molar-refractivity contribution in [2.24, 2.45) is 16.6 Å². The molecule has 4 atom stereocenters. The van der Waals surface area contributed by atoms with Gasteiger partial charge in [-0.1, -0.05) is 88.4 Å². The van der Waals surface area contributed by atoms with Gasteiger partial charge in [-0.15, -0.1) is 0 Å². The quantitative estimate of drug-likeness (QED) is 0.127. The third kappa shape index (κ3) is 16.0. The van der Waals surface area contributed by atoms with Gasteiger partial charge in [0, 0.05) is 36.0 Å². The van der Waals surface area contributed by atoms with E-state index >= 15 is 0 Å². The largest absolute Gasteiger partial charge is 0.463 e. The number of nitrogens with one attached hydrogen (secondary N) is 3. The van der Waals surface area contributed by atoms with Crippen LogP contribution >= 0.6 is 0 Å². The van der Waals surface area contributed by atoms with E-state index in [-0.39, 0.29) is 38.4 Å². The molecule has 2 aromatic carbocycles. The third-order valence-electron chi connectivity index (χ3n) is 7.04. The Labute approximate surface area is 282 Å². The van der Waals surface area contributed by atoms with Crippen LogP contribution in [0.4, 0.5) is 9.59 Å². The summed E-state index contributed by atoms with van der Waals surface area (Å²) in [5.41, 5.74) is 5.87. The number of aliphatic hydroxyl groups is 3. The molecule has 0 radical (unpaired) electrons. The van der Waals surface area contributed by atoms with Crippen molar-refractivity contribution < 1.29 is 48.7 Å². The van der Waals surface area contributed by atoms with Gasteiger partial charge in [0.05, 0.1) is 13.2 Å². The van der Waals surface area contributed by atoms with Crippen LogP contribution in [0, 0.1) is 10.8 Å². The maximum Gasteiger partial charge on any atom is 0.407 e. The smallest absolute Gasteiger partial charge is 0.407 e. The SMILES string of the molecule is CC1(C)COC(=O)[C@@H]1O.C[C@@H](CN)NC(=O)OCc1ccccc1.C[C@@H](CNC(=O)[C@H](O)C(C)(C)CO)NC(=O)OCc1ccccc1. The molecule has 2 aromatic rings. The first kappa shape index (κ1) is 41.8.